The first kappa shape index (κ1) is 12.9. The highest BCUT2D eigenvalue weighted by molar-refractivity contribution is 5.99. The number of carbonyl (C=O) groups excluding carboxylic acids is 1. The third-order valence-corrected chi connectivity index (χ3v) is 3.62. The molecule has 0 radical (unpaired) electrons. The maximum atomic E-state index is 12.9. The van der Waals surface area contributed by atoms with Gasteiger partial charge in [0.1, 0.15) is 5.82 Å². The smallest absolute Gasteiger partial charge is 0.253 e. The Kier molecular flexibility index (Phi) is 3.55. The Morgan fingerprint density at radius 2 is 2.22 bits per heavy atom. The Balaban J connectivity index is 1.96. The molecule has 0 spiro atoms. The summed E-state index contributed by atoms with van der Waals surface area (Å²) in [4.78, 5) is 11.9. The van der Waals surface area contributed by atoms with Crippen molar-refractivity contribution in [2.75, 3.05) is 12.3 Å². The molecule has 1 saturated carbocycles. The predicted octanol–water partition coefficient (Wildman–Crippen LogP) is 2.72. The molecular formula is C14H19FN2O. The fraction of sp³-hybridized carbons (Fsp3) is 0.500. The van der Waals surface area contributed by atoms with Crippen molar-refractivity contribution in [3.05, 3.63) is 29.6 Å². The molecule has 3 N–H and O–H groups in total. The van der Waals surface area contributed by atoms with Crippen molar-refractivity contribution < 1.29 is 9.18 Å². The lowest BCUT2D eigenvalue weighted by Crippen LogP contribution is -2.30. The van der Waals surface area contributed by atoms with Crippen molar-refractivity contribution in [2.45, 2.75) is 32.6 Å². The molecule has 2 rings (SSSR count). The summed E-state index contributed by atoms with van der Waals surface area (Å²) in [7, 11) is 0. The van der Waals surface area contributed by atoms with E-state index < -0.39 is 5.82 Å². The van der Waals surface area contributed by atoms with E-state index in [-0.39, 0.29) is 11.6 Å². The summed E-state index contributed by atoms with van der Waals surface area (Å²) in [6.45, 7) is 2.84. The van der Waals surface area contributed by atoms with E-state index in [1.807, 2.05) is 0 Å². The Hall–Kier alpha value is -1.58. The molecule has 4 heteroatoms. The van der Waals surface area contributed by atoms with Crippen molar-refractivity contribution in [1.29, 1.82) is 0 Å². The van der Waals surface area contributed by atoms with Crippen LogP contribution in [0.2, 0.25) is 0 Å². The number of anilines is 1. The molecule has 1 aromatic carbocycles. The molecule has 98 valence electrons. The molecule has 1 aliphatic carbocycles. The van der Waals surface area contributed by atoms with E-state index in [1.165, 1.54) is 31.0 Å². The van der Waals surface area contributed by atoms with Gasteiger partial charge in [-0.25, -0.2) is 4.39 Å². The zero-order chi connectivity index (χ0) is 13.2. The number of benzene rings is 1. The minimum atomic E-state index is -0.423. The summed E-state index contributed by atoms with van der Waals surface area (Å²) in [5.74, 6) is -0.636. The predicted molar refractivity (Wildman–Crippen MR) is 69.7 cm³/mol. The van der Waals surface area contributed by atoms with Gasteiger partial charge in [-0.1, -0.05) is 13.3 Å². The standard InChI is InChI=1S/C14H19FN2O/c1-2-5-14(6-7-14)9-17-13(18)11-4-3-10(15)8-12(11)16/h3-4,8H,2,5-7,9,16H2,1H3,(H,17,18). The summed E-state index contributed by atoms with van der Waals surface area (Å²) >= 11 is 0. The topological polar surface area (TPSA) is 55.1 Å². The zero-order valence-electron chi connectivity index (χ0n) is 10.6. The van der Waals surface area contributed by atoms with Crippen LogP contribution in [0.1, 0.15) is 43.0 Å². The lowest BCUT2D eigenvalue weighted by molar-refractivity contribution is 0.0944. The van der Waals surface area contributed by atoms with Gasteiger partial charge in [-0.15, -0.1) is 0 Å². The molecule has 1 aromatic rings. The normalized spacial score (nSPS) is 16.3. The summed E-state index contributed by atoms with van der Waals surface area (Å²) in [5, 5.41) is 2.91. The Morgan fingerprint density at radius 1 is 1.50 bits per heavy atom. The number of hydrogen-bond donors (Lipinski definition) is 2. The molecule has 0 unspecified atom stereocenters. The SMILES string of the molecule is CCCC1(CNC(=O)c2ccc(F)cc2N)CC1. The van der Waals surface area contributed by atoms with Gasteiger partial charge in [-0.3, -0.25) is 4.79 Å². The fourth-order valence-electron chi connectivity index (χ4n) is 2.33. The third kappa shape index (κ3) is 2.81. The van der Waals surface area contributed by atoms with Gasteiger partial charge >= 0.3 is 0 Å². The quantitative estimate of drug-likeness (QED) is 0.789. The zero-order valence-corrected chi connectivity index (χ0v) is 10.6. The maximum Gasteiger partial charge on any atom is 0.253 e. The number of rotatable bonds is 5. The number of amides is 1. The molecule has 18 heavy (non-hydrogen) atoms. The van der Waals surface area contributed by atoms with Gasteiger partial charge in [0.2, 0.25) is 0 Å². The van der Waals surface area contributed by atoms with Crippen LogP contribution in [-0.2, 0) is 0 Å². The highest BCUT2D eigenvalue weighted by atomic mass is 19.1. The number of nitrogen functional groups attached to an aromatic ring is 1. The Morgan fingerprint density at radius 3 is 2.78 bits per heavy atom. The van der Waals surface area contributed by atoms with Crippen molar-refractivity contribution in [3.8, 4) is 0 Å². The summed E-state index contributed by atoms with van der Waals surface area (Å²) in [6.07, 6.45) is 4.64. The van der Waals surface area contributed by atoms with Gasteiger partial charge in [0.15, 0.2) is 0 Å². The summed E-state index contributed by atoms with van der Waals surface area (Å²) < 4.78 is 12.9. The first-order chi connectivity index (χ1) is 8.56. The Bertz CT molecular complexity index is 455. The van der Waals surface area contributed by atoms with Crippen molar-refractivity contribution in [3.63, 3.8) is 0 Å². The van der Waals surface area contributed by atoms with Crippen LogP contribution >= 0.6 is 0 Å². The first-order valence-electron chi connectivity index (χ1n) is 6.39. The number of hydrogen-bond acceptors (Lipinski definition) is 2. The molecule has 0 saturated heterocycles. The van der Waals surface area contributed by atoms with Crippen LogP contribution in [0.3, 0.4) is 0 Å². The van der Waals surface area contributed by atoms with Crippen LogP contribution < -0.4 is 11.1 Å². The van der Waals surface area contributed by atoms with E-state index in [2.05, 4.69) is 12.2 Å². The summed E-state index contributed by atoms with van der Waals surface area (Å²) in [5.41, 5.74) is 6.48. The second-order valence-corrected chi connectivity index (χ2v) is 5.16. The molecule has 0 aliphatic heterocycles. The average molecular weight is 250 g/mol. The van der Waals surface area contributed by atoms with Gasteiger partial charge in [-0.05, 0) is 42.9 Å². The van der Waals surface area contributed by atoms with E-state index in [9.17, 15) is 9.18 Å². The number of nitrogens with two attached hydrogens (primary N) is 1. The maximum absolute atomic E-state index is 12.9. The van der Waals surface area contributed by atoms with Crippen molar-refractivity contribution >= 4 is 11.6 Å². The van der Waals surface area contributed by atoms with Gasteiger partial charge in [0, 0.05) is 12.2 Å². The largest absolute Gasteiger partial charge is 0.398 e. The van der Waals surface area contributed by atoms with Crippen LogP contribution in [0.4, 0.5) is 10.1 Å². The average Bonchev–Trinajstić information content (AvgIpc) is 3.07. The molecule has 0 aromatic heterocycles. The minimum Gasteiger partial charge on any atom is -0.398 e. The molecule has 0 atom stereocenters. The molecule has 1 fully saturated rings. The van der Waals surface area contributed by atoms with Gasteiger partial charge < -0.3 is 11.1 Å². The molecule has 1 aliphatic rings. The highest BCUT2D eigenvalue weighted by Gasteiger charge is 2.41. The molecule has 0 bridgehead atoms. The van der Waals surface area contributed by atoms with Crippen LogP contribution in [-0.4, -0.2) is 12.5 Å². The minimum absolute atomic E-state index is 0.188. The van der Waals surface area contributed by atoms with E-state index >= 15 is 0 Å². The molecular weight excluding hydrogens is 231 g/mol. The van der Waals surface area contributed by atoms with E-state index in [1.54, 1.807) is 0 Å². The van der Waals surface area contributed by atoms with E-state index in [0.29, 0.717) is 17.5 Å². The van der Waals surface area contributed by atoms with Crippen LogP contribution in [0, 0.1) is 11.2 Å². The number of carbonyl (C=O) groups is 1. The van der Waals surface area contributed by atoms with Crippen molar-refractivity contribution in [1.82, 2.24) is 5.32 Å². The van der Waals surface area contributed by atoms with Gasteiger partial charge in [-0.2, -0.15) is 0 Å². The highest BCUT2D eigenvalue weighted by Crippen LogP contribution is 2.48. The molecule has 0 heterocycles. The third-order valence-electron chi connectivity index (χ3n) is 3.62. The lowest BCUT2D eigenvalue weighted by atomic mass is 10.0. The number of nitrogens with one attached hydrogen (secondary N) is 1. The first-order valence-corrected chi connectivity index (χ1v) is 6.39. The van der Waals surface area contributed by atoms with Crippen LogP contribution in [0.25, 0.3) is 0 Å². The van der Waals surface area contributed by atoms with E-state index in [0.717, 1.165) is 12.8 Å². The van der Waals surface area contributed by atoms with E-state index in [4.69, 9.17) is 5.73 Å². The Labute approximate surface area is 107 Å². The van der Waals surface area contributed by atoms with Crippen LogP contribution in [0.15, 0.2) is 18.2 Å². The fourth-order valence-corrected chi connectivity index (χ4v) is 2.33. The van der Waals surface area contributed by atoms with Crippen molar-refractivity contribution in [2.24, 2.45) is 5.41 Å². The lowest BCUT2D eigenvalue weighted by Gasteiger charge is -2.15. The molecule has 1 amide bonds. The molecule has 3 nitrogen and oxygen atoms in total. The number of halogens is 1. The summed E-state index contributed by atoms with van der Waals surface area (Å²) in [6, 6.07) is 3.86. The van der Waals surface area contributed by atoms with Gasteiger partial charge in [0.05, 0.1) is 5.56 Å². The second kappa shape index (κ2) is 4.96. The van der Waals surface area contributed by atoms with Gasteiger partial charge in [0.25, 0.3) is 5.91 Å². The second-order valence-electron chi connectivity index (χ2n) is 5.16. The van der Waals surface area contributed by atoms with Crippen LogP contribution in [0.5, 0.6) is 0 Å². The monoisotopic (exact) mass is 250 g/mol.